The van der Waals surface area contributed by atoms with Gasteiger partial charge < -0.3 is 15.2 Å². The van der Waals surface area contributed by atoms with Crippen molar-refractivity contribution in [2.45, 2.75) is 6.54 Å². The highest BCUT2D eigenvalue weighted by atomic mass is 79.9. The largest absolute Gasteiger partial charge is 0.507 e. The summed E-state index contributed by atoms with van der Waals surface area (Å²) in [7, 11) is 1.59. The van der Waals surface area contributed by atoms with Crippen LogP contribution in [0.2, 0.25) is 0 Å². The molecule has 5 heteroatoms. The lowest BCUT2D eigenvalue weighted by molar-refractivity contribution is 0.0950. The molecule has 0 unspecified atom stereocenters. The Balaban J connectivity index is 2.06. The number of amides is 1. The molecule has 2 N–H and O–H groups in total. The molecule has 20 heavy (non-hydrogen) atoms. The van der Waals surface area contributed by atoms with E-state index in [0.717, 1.165) is 11.3 Å². The third-order valence-corrected chi connectivity index (χ3v) is 3.51. The second-order valence-corrected chi connectivity index (χ2v) is 5.02. The van der Waals surface area contributed by atoms with Gasteiger partial charge in [-0.15, -0.1) is 0 Å². The Bertz CT molecular complexity index is 628. The van der Waals surface area contributed by atoms with Crippen LogP contribution >= 0.6 is 15.9 Å². The van der Waals surface area contributed by atoms with E-state index < -0.39 is 0 Å². The fraction of sp³-hybridized carbons (Fsp3) is 0.133. The highest BCUT2D eigenvalue weighted by Crippen LogP contribution is 2.24. The Kier molecular flexibility index (Phi) is 4.63. The molecule has 104 valence electrons. The summed E-state index contributed by atoms with van der Waals surface area (Å²) in [6.45, 7) is 0.361. The number of carbonyl (C=O) groups is 1. The Morgan fingerprint density at radius 1 is 1.30 bits per heavy atom. The third-order valence-electron chi connectivity index (χ3n) is 2.84. The molecule has 2 aromatic rings. The van der Waals surface area contributed by atoms with E-state index in [0.29, 0.717) is 16.6 Å². The van der Waals surface area contributed by atoms with Crippen LogP contribution < -0.4 is 10.1 Å². The molecule has 0 atom stereocenters. The van der Waals surface area contributed by atoms with E-state index in [9.17, 15) is 9.90 Å². The van der Waals surface area contributed by atoms with Gasteiger partial charge in [0.25, 0.3) is 5.91 Å². The Morgan fingerprint density at radius 3 is 2.75 bits per heavy atom. The van der Waals surface area contributed by atoms with E-state index in [1.807, 2.05) is 24.3 Å². The summed E-state index contributed by atoms with van der Waals surface area (Å²) >= 11 is 3.17. The smallest absolute Gasteiger partial charge is 0.251 e. The van der Waals surface area contributed by atoms with Crippen molar-refractivity contribution in [3.63, 3.8) is 0 Å². The number of phenols is 1. The lowest BCUT2D eigenvalue weighted by atomic mass is 10.1. The molecule has 0 aromatic heterocycles. The van der Waals surface area contributed by atoms with Crippen molar-refractivity contribution >= 4 is 21.8 Å². The van der Waals surface area contributed by atoms with Crippen molar-refractivity contribution in [2.75, 3.05) is 7.11 Å². The normalized spacial score (nSPS) is 10.1. The first-order valence-electron chi connectivity index (χ1n) is 6.00. The summed E-state index contributed by atoms with van der Waals surface area (Å²) in [5.41, 5.74) is 1.30. The molecule has 0 spiro atoms. The number of phenolic OH excluding ortho intramolecular Hbond substituents is 1. The van der Waals surface area contributed by atoms with E-state index >= 15 is 0 Å². The second-order valence-electron chi connectivity index (χ2n) is 4.16. The number of carbonyl (C=O) groups excluding carboxylic acids is 1. The molecule has 0 radical (unpaired) electrons. The Morgan fingerprint density at radius 2 is 2.05 bits per heavy atom. The quantitative estimate of drug-likeness (QED) is 0.902. The third kappa shape index (κ3) is 3.30. The second kappa shape index (κ2) is 6.43. The van der Waals surface area contributed by atoms with Crippen molar-refractivity contribution in [2.24, 2.45) is 0 Å². The lowest BCUT2D eigenvalue weighted by Crippen LogP contribution is -2.22. The monoisotopic (exact) mass is 335 g/mol. The summed E-state index contributed by atoms with van der Waals surface area (Å²) in [5, 5.41) is 12.4. The molecule has 0 bridgehead atoms. The molecule has 2 aromatic carbocycles. The van der Waals surface area contributed by atoms with Crippen LogP contribution in [0.4, 0.5) is 0 Å². The predicted octanol–water partition coefficient (Wildman–Crippen LogP) is 3.09. The number of hydrogen-bond donors (Lipinski definition) is 2. The summed E-state index contributed by atoms with van der Waals surface area (Å²) in [5.74, 6) is 0.514. The van der Waals surface area contributed by atoms with Crippen LogP contribution in [0.3, 0.4) is 0 Å². The molecule has 0 aliphatic heterocycles. The molecule has 0 saturated heterocycles. The minimum absolute atomic E-state index is 0.0370. The van der Waals surface area contributed by atoms with Crippen LogP contribution in [0.5, 0.6) is 11.5 Å². The van der Waals surface area contributed by atoms with Gasteiger partial charge in [-0.1, -0.05) is 18.2 Å². The number of aromatic hydroxyl groups is 1. The summed E-state index contributed by atoms with van der Waals surface area (Å²) in [6.07, 6.45) is 0. The first kappa shape index (κ1) is 14.4. The number of hydrogen-bond acceptors (Lipinski definition) is 3. The summed E-state index contributed by atoms with van der Waals surface area (Å²) in [4.78, 5) is 12.0. The van der Waals surface area contributed by atoms with Crippen molar-refractivity contribution in [1.82, 2.24) is 5.32 Å². The molecule has 2 rings (SSSR count). The highest BCUT2D eigenvalue weighted by molar-refractivity contribution is 9.10. The van der Waals surface area contributed by atoms with E-state index in [4.69, 9.17) is 4.74 Å². The van der Waals surface area contributed by atoms with E-state index in [-0.39, 0.29) is 11.7 Å². The van der Waals surface area contributed by atoms with Gasteiger partial charge in [0.05, 0.1) is 11.6 Å². The first-order chi connectivity index (χ1) is 9.61. The molecular formula is C15H14BrNO3. The van der Waals surface area contributed by atoms with Gasteiger partial charge in [0.2, 0.25) is 0 Å². The fourth-order valence-electron chi connectivity index (χ4n) is 1.78. The number of nitrogens with one attached hydrogen (secondary N) is 1. The van der Waals surface area contributed by atoms with Gasteiger partial charge >= 0.3 is 0 Å². The minimum Gasteiger partial charge on any atom is -0.507 e. The maximum Gasteiger partial charge on any atom is 0.251 e. The van der Waals surface area contributed by atoms with Crippen molar-refractivity contribution < 1.29 is 14.6 Å². The zero-order valence-corrected chi connectivity index (χ0v) is 12.5. The molecule has 0 fully saturated rings. The van der Waals surface area contributed by atoms with Crippen molar-refractivity contribution in [3.05, 3.63) is 58.1 Å². The maximum atomic E-state index is 12.0. The van der Waals surface area contributed by atoms with E-state index in [1.54, 1.807) is 19.2 Å². The lowest BCUT2D eigenvalue weighted by Gasteiger charge is -2.10. The average molecular weight is 336 g/mol. The molecule has 4 nitrogen and oxygen atoms in total. The number of ether oxygens (including phenoxy) is 1. The van der Waals surface area contributed by atoms with E-state index in [2.05, 4.69) is 21.2 Å². The topological polar surface area (TPSA) is 58.6 Å². The van der Waals surface area contributed by atoms with Crippen LogP contribution in [0.15, 0.2) is 46.9 Å². The summed E-state index contributed by atoms with van der Waals surface area (Å²) < 4.78 is 5.78. The molecule has 1 amide bonds. The van der Waals surface area contributed by atoms with Gasteiger partial charge in [-0.2, -0.15) is 0 Å². The number of benzene rings is 2. The van der Waals surface area contributed by atoms with Gasteiger partial charge in [0.15, 0.2) is 0 Å². The average Bonchev–Trinajstić information content (AvgIpc) is 2.47. The number of para-hydroxylation sites is 1. The van der Waals surface area contributed by atoms with Crippen LogP contribution in [-0.2, 0) is 6.54 Å². The van der Waals surface area contributed by atoms with Gasteiger partial charge in [-0.25, -0.2) is 0 Å². The Hall–Kier alpha value is -2.01. The zero-order valence-electron chi connectivity index (χ0n) is 10.9. The van der Waals surface area contributed by atoms with Crippen LogP contribution in [0, 0.1) is 0 Å². The molecule has 0 heterocycles. The number of methoxy groups -OCH3 is 1. The van der Waals surface area contributed by atoms with Crippen LogP contribution in [0.1, 0.15) is 15.9 Å². The van der Waals surface area contributed by atoms with Gasteiger partial charge in [-0.3, -0.25) is 4.79 Å². The SMILES string of the molecule is COc1ccccc1CNC(=O)c1ccc(Br)c(O)c1. The number of halogens is 1. The molecular weight excluding hydrogens is 322 g/mol. The van der Waals surface area contributed by atoms with Crippen LogP contribution in [-0.4, -0.2) is 18.1 Å². The minimum atomic E-state index is -0.251. The fourth-order valence-corrected chi connectivity index (χ4v) is 2.03. The molecule has 0 saturated carbocycles. The predicted molar refractivity (Wildman–Crippen MR) is 80.0 cm³/mol. The van der Waals surface area contributed by atoms with Gasteiger partial charge in [-0.05, 0) is 40.2 Å². The van der Waals surface area contributed by atoms with Gasteiger partial charge in [0, 0.05) is 17.7 Å². The van der Waals surface area contributed by atoms with Gasteiger partial charge in [0.1, 0.15) is 11.5 Å². The van der Waals surface area contributed by atoms with Crippen molar-refractivity contribution in [1.29, 1.82) is 0 Å². The standard InChI is InChI=1S/C15H14BrNO3/c1-20-14-5-3-2-4-11(14)9-17-15(19)10-6-7-12(16)13(18)8-10/h2-8,18H,9H2,1H3,(H,17,19). The summed E-state index contributed by atoms with van der Waals surface area (Å²) in [6, 6.07) is 12.2. The molecule has 0 aliphatic carbocycles. The highest BCUT2D eigenvalue weighted by Gasteiger charge is 2.09. The van der Waals surface area contributed by atoms with Crippen molar-refractivity contribution in [3.8, 4) is 11.5 Å². The maximum absolute atomic E-state index is 12.0. The number of rotatable bonds is 4. The van der Waals surface area contributed by atoms with E-state index in [1.165, 1.54) is 6.07 Å². The first-order valence-corrected chi connectivity index (χ1v) is 6.79. The zero-order chi connectivity index (χ0) is 14.5. The Labute approximate surface area is 125 Å². The van der Waals surface area contributed by atoms with Crippen LogP contribution in [0.25, 0.3) is 0 Å². The molecule has 0 aliphatic rings.